The second-order valence-electron chi connectivity index (χ2n) is 4.71. The van der Waals surface area contributed by atoms with Crippen molar-refractivity contribution in [3.8, 4) is 0 Å². The van der Waals surface area contributed by atoms with Crippen molar-refractivity contribution in [2.24, 2.45) is 0 Å². The van der Waals surface area contributed by atoms with Crippen LogP contribution in [0.3, 0.4) is 0 Å². The number of nitrogens with one attached hydrogen (secondary N) is 1. The number of esters is 1. The molecule has 0 bridgehead atoms. The monoisotopic (exact) mass is 315 g/mol. The van der Waals surface area contributed by atoms with Crippen molar-refractivity contribution in [3.63, 3.8) is 0 Å². The molecule has 0 saturated heterocycles. The van der Waals surface area contributed by atoms with Crippen LogP contribution in [-0.4, -0.2) is 39.3 Å². The van der Waals surface area contributed by atoms with Crippen molar-refractivity contribution in [1.29, 1.82) is 0 Å². The van der Waals surface area contributed by atoms with Crippen LogP contribution >= 0.6 is 0 Å². The number of carbonyl (C=O) groups is 1. The van der Waals surface area contributed by atoms with E-state index >= 15 is 0 Å². The third-order valence-corrected chi connectivity index (χ3v) is 4.85. The molecule has 0 radical (unpaired) electrons. The Hall–Kier alpha value is -1.44. The fourth-order valence-corrected chi connectivity index (χ4v) is 3.54. The number of aliphatic hydroxyl groups excluding tert-OH is 1. The van der Waals surface area contributed by atoms with Gasteiger partial charge >= 0.3 is 5.97 Å². The number of carbonyl (C=O) groups excluding carboxylic acids is 1. The Morgan fingerprint density at radius 3 is 2.62 bits per heavy atom. The van der Waals surface area contributed by atoms with Crippen molar-refractivity contribution in [2.75, 3.05) is 13.7 Å². The predicted octanol–water partition coefficient (Wildman–Crippen LogP) is 1.22. The molecule has 0 fully saturated rings. The van der Waals surface area contributed by atoms with E-state index in [2.05, 4.69) is 9.46 Å². The molecule has 0 aliphatic carbocycles. The van der Waals surface area contributed by atoms with Crippen LogP contribution in [0.25, 0.3) is 0 Å². The largest absolute Gasteiger partial charge is 0.465 e. The van der Waals surface area contributed by atoms with Gasteiger partial charge in [-0.25, -0.2) is 17.9 Å². The number of methoxy groups -OCH3 is 1. The maximum atomic E-state index is 12.4. The highest BCUT2D eigenvalue weighted by molar-refractivity contribution is 7.89. The molecule has 1 unspecified atom stereocenters. The molecular formula is C14H21NO5S. The summed E-state index contributed by atoms with van der Waals surface area (Å²) in [4.78, 5) is 11.6. The Bertz CT molecular complexity index is 597. The van der Waals surface area contributed by atoms with Gasteiger partial charge in [0.2, 0.25) is 10.0 Å². The molecule has 1 atom stereocenters. The van der Waals surface area contributed by atoms with Gasteiger partial charge in [0.05, 0.1) is 17.6 Å². The van der Waals surface area contributed by atoms with Crippen LogP contribution in [0.4, 0.5) is 0 Å². The van der Waals surface area contributed by atoms with E-state index in [1.165, 1.54) is 19.2 Å². The molecule has 0 spiro atoms. The van der Waals surface area contributed by atoms with E-state index in [0.29, 0.717) is 18.4 Å². The van der Waals surface area contributed by atoms with E-state index in [1.54, 1.807) is 13.0 Å². The van der Waals surface area contributed by atoms with Crippen molar-refractivity contribution in [2.45, 2.75) is 37.6 Å². The lowest BCUT2D eigenvalue weighted by Gasteiger charge is -2.17. The minimum absolute atomic E-state index is 0.0433. The highest BCUT2D eigenvalue weighted by Gasteiger charge is 2.22. The standard InChI is InChI=1S/C14H21NO5S/c1-4-12(7-8-16)15-21(18,19)13-9-11(14(17)20-3)6-5-10(13)2/h5-6,9,12,15-16H,4,7-8H2,1-3H3. The van der Waals surface area contributed by atoms with Crippen LogP contribution in [0.5, 0.6) is 0 Å². The first-order valence-electron chi connectivity index (χ1n) is 6.67. The number of benzene rings is 1. The third-order valence-electron chi connectivity index (χ3n) is 3.19. The Morgan fingerprint density at radius 1 is 1.43 bits per heavy atom. The van der Waals surface area contributed by atoms with Crippen molar-refractivity contribution < 1.29 is 23.1 Å². The van der Waals surface area contributed by atoms with Crippen molar-refractivity contribution in [3.05, 3.63) is 29.3 Å². The van der Waals surface area contributed by atoms with Gasteiger partial charge in [0, 0.05) is 12.6 Å². The Balaban J connectivity index is 3.15. The average Bonchev–Trinajstić information content (AvgIpc) is 2.46. The van der Waals surface area contributed by atoms with Gasteiger partial charge in [-0.1, -0.05) is 13.0 Å². The summed E-state index contributed by atoms with van der Waals surface area (Å²) in [5, 5.41) is 8.94. The SMILES string of the molecule is CCC(CCO)NS(=O)(=O)c1cc(C(=O)OC)ccc1C. The quantitative estimate of drug-likeness (QED) is 0.738. The highest BCUT2D eigenvalue weighted by Crippen LogP contribution is 2.18. The predicted molar refractivity (Wildman–Crippen MR) is 78.6 cm³/mol. The molecular weight excluding hydrogens is 294 g/mol. The van der Waals surface area contributed by atoms with E-state index in [-0.39, 0.29) is 23.1 Å². The minimum atomic E-state index is -3.76. The first-order chi connectivity index (χ1) is 9.85. The van der Waals surface area contributed by atoms with E-state index in [1.807, 2.05) is 6.92 Å². The zero-order chi connectivity index (χ0) is 16.0. The Kier molecular flexibility index (Phi) is 6.32. The first kappa shape index (κ1) is 17.6. The van der Waals surface area contributed by atoms with Crippen LogP contribution in [0.1, 0.15) is 35.7 Å². The summed E-state index contributed by atoms with van der Waals surface area (Å²) in [6, 6.07) is 4.04. The van der Waals surface area contributed by atoms with E-state index in [4.69, 9.17) is 5.11 Å². The fourth-order valence-electron chi connectivity index (χ4n) is 1.92. The second kappa shape index (κ2) is 7.53. The van der Waals surface area contributed by atoms with Crippen molar-refractivity contribution >= 4 is 16.0 Å². The molecule has 1 aromatic carbocycles. The number of hydrogen-bond donors (Lipinski definition) is 2. The summed E-state index contributed by atoms with van der Waals surface area (Å²) in [6.07, 6.45) is 0.904. The third kappa shape index (κ3) is 4.52. The molecule has 0 saturated carbocycles. The summed E-state index contributed by atoms with van der Waals surface area (Å²) in [6.45, 7) is 3.39. The normalized spacial score (nSPS) is 13.0. The molecule has 1 aromatic rings. The number of hydrogen-bond acceptors (Lipinski definition) is 5. The van der Waals surface area contributed by atoms with Crippen molar-refractivity contribution in [1.82, 2.24) is 4.72 Å². The van der Waals surface area contributed by atoms with Crippen LogP contribution in [-0.2, 0) is 14.8 Å². The number of aliphatic hydroxyl groups is 1. The van der Waals surface area contributed by atoms with Gasteiger partial charge in [0.1, 0.15) is 0 Å². The van der Waals surface area contributed by atoms with Gasteiger partial charge in [-0.2, -0.15) is 0 Å². The summed E-state index contributed by atoms with van der Waals surface area (Å²) < 4.78 is 32.0. The second-order valence-corrected chi connectivity index (χ2v) is 6.39. The maximum Gasteiger partial charge on any atom is 0.337 e. The number of rotatable bonds is 7. The van der Waals surface area contributed by atoms with Crippen LogP contribution in [0.2, 0.25) is 0 Å². The van der Waals surface area contributed by atoms with Crippen LogP contribution in [0.15, 0.2) is 23.1 Å². The highest BCUT2D eigenvalue weighted by atomic mass is 32.2. The number of aryl methyl sites for hydroxylation is 1. The lowest BCUT2D eigenvalue weighted by Crippen LogP contribution is -2.35. The molecule has 7 heteroatoms. The van der Waals surface area contributed by atoms with Gasteiger partial charge < -0.3 is 9.84 Å². The van der Waals surface area contributed by atoms with E-state index in [0.717, 1.165) is 0 Å². The number of ether oxygens (including phenoxy) is 1. The smallest absolute Gasteiger partial charge is 0.337 e. The topological polar surface area (TPSA) is 92.7 Å². The van der Waals surface area contributed by atoms with Gasteiger partial charge in [0.15, 0.2) is 0 Å². The van der Waals surface area contributed by atoms with Gasteiger partial charge in [-0.15, -0.1) is 0 Å². The number of sulfonamides is 1. The summed E-state index contributed by atoms with van der Waals surface area (Å²) in [7, 11) is -2.52. The first-order valence-corrected chi connectivity index (χ1v) is 8.16. The lowest BCUT2D eigenvalue weighted by molar-refractivity contribution is 0.0600. The molecule has 21 heavy (non-hydrogen) atoms. The van der Waals surface area contributed by atoms with Crippen LogP contribution < -0.4 is 4.72 Å². The molecule has 1 rings (SSSR count). The molecule has 0 aliphatic rings. The Labute approximate surface area is 125 Å². The maximum absolute atomic E-state index is 12.4. The van der Waals surface area contributed by atoms with E-state index < -0.39 is 16.0 Å². The molecule has 0 heterocycles. The molecule has 0 aromatic heterocycles. The summed E-state index contributed by atoms with van der Waals surface area (Å²) in [5.41, 5.74) is 0.715. The molecule has 2 N–H and O–H groups in total. The fraction of sp³-hybridized carbons (Fsp3) is 0.500. The van der Waals surface area contributed by atoms with Gasteiger partial charge in [0.25, 0.3) is 0 Å². The summed E-state index contributed by atoms with van der Waals surface area (Å²) >= 11 is 0. The molecule has 0 aliphatic heterocycles. The average molecular weight is 315 g/mol. The van der Waals surface area contributed by atoms with Gasteiger partial charge in [-0.3, -0.25) is 0 Å². The van der Waals surface area contributed by atoms with Gasteiger partial charge in [-0.05, 0) is 37.5 Å². The van der Waals surface area contributed by atoms with Crippen LogP contribution in [0, 0.1) is 6.92 Å². The zero-order valence-electron chi connectivity index (χ0n) is 12.4. The summed E-state index contributed by atoms with van der Waals surface area (Å²) in [5.74, 6) is -0.589. The molecule has 6 nitrogen and oxygen atoms in total. The molecule has 118 valence electrons. The minimum Gasteiger partial charge on any atom is -0.465 e. The lowest BCUT2D eigenvalue weighted by atomic mass is 10.1. The molecule has 0 amide bonds. The Morgan fingerprint density at radius 2 is 2.10 bits per heavy atom. The zero-order valence-corrected chi connectivity index (χ0v) is 13.2. The van der Waals surface area contributed by atoms with E-state index in [9.17, 15) is 13.2 Å².